The van der Waals surface area contributed by atoms with Gasteiger partial charge in [-0.15, -0.1) is 6.58 Å². The standard InChI is InChI=1S/C22H24O4/c1-4-15(13(2)3)19-11-10-16-17(23)12-18(24)20(22(16)26-19)21(25)14-8-6-5-7-9-14/h4-9,12-13,15,19,23-24H,1,10-11H2,2-3H3. The van der Waals surface area contributed by atoms with Crippen molar-refractivity contribution in [2.24, 2.45) is 11.8 Å². The molecule has 2 aromatic rings. The van der Waals surface area contributed by atoms with Gasteiger partial charge in [0.05, 0.1) is 0 Å². The maximum Gasteiger partial charge on any atom is 0.200 e. The van der Waals surface area contributed by atoms with E-state index >= 15 is 0 Å². The highest BCUT2D eigenvalue weighted by atomic mass is 16.5. The first-order valence-electron chi connectivity index (χ1n) is 8.90. The summed E-state index contributed by atoms with van der Waals surface area (Å²) in [5, 5.41) is 20.6. The fourth-order valence-corrected chi connectivity index (χ4v) is 3.62. The Morgan fingerprint density at radius 2 is 1.92 bits per heavy atom. The monoisotopic (exact) mass is 352 g/mol. The zero-order chi connectivity index (χ0) is 18.8. The molecule has 0 aromatic heterocycles. The molecule has 4 nitrogen and oxygen atoms in total. The van der Waals surface area contributed by atoms with Crippen LogP contribution in [0.25, 0.3) is 0 Å². The molecule has 2 N–H and O–H groups in total. The first kappa shape index (κ1) is 18.1. The summed E-state index contributed by atoms with van der Waals surface area (Å²) in [4.78, 5) is 13.0. The van der Waals surface area contributed by atoms with Gasteiger partial charge in [0, 0.05) is 23.1 Å². The van der Waals surface area contributed by atoms with E-state index < -0.39 is 0 Å². The molecule has 2 atom stereocenters. The third-order valence-electron chi connectivity index (χ3n) is 5.02. The molecule has 1 aliphatic rings. The van der Waals surface area contributed by atoms with Crippen LogP contribution in [0.2, 0.25) is 0 Å². The molecule has 0 spiro atoms. The van der Waals surface area contributed by atoms with Crippen molar-refractivity contribution in [1.82, 2.24) is 0 Å². The van der Waals surface area contributed by atoms with E-state index in [0.29, 0.717) is 29.2 Å². The molecule has 2 aromatic carbocycles. The van der Waals surface area contributed by atoms with Crippen molar-refractivity contribution in [3.05, 3.63) is 65.7 Å². The average molecular weight is 352 g/mol. The molecule has 0 bridgehead atoms. The minimum atomic E-state index is -0.320. The molecule has 0 radical (unpaired) electrons. The normalized spacial score (nSPS) is 17.3. The number of phenolic OH excluding ortho intramolecular Hbond substituents is 2. The lowest BCUT2D eigenvalue weighted by Gasteiger charge is -2.34. The number of hydrogen-bond donors (Lipinski definition) is 2. The van der Waals surface area contributed by atoms with Crippen molar-refractivity contribution in [1.29, 1.82) is 0 Å². The second kappa shape index (κ2) is 7.24. The zero-order valence-electron chi connectivity index (χ0n) is 15.1. The van der Waals surface area contributed by atoms with Crippen LogP contribution in [0.5, 0.6) is 17.2 Å². The number of carbonyl (C=O) groups is 1. The number of rotatable bonds is 5. The number of fused-ring (bicyclic) bond motifs is 1. The van der Waals surface area contributed by atoms with E-state index in [1.54, 1.807) is 24.3 Å². The lowest BCUT2D eigenvalue weighted by molar-refractivity contribution is 0.0968. The Morgan fingerprint density at radius 1 is 1.23 bits per heavy atom. The third-order valence-corrected chi connectivity index (χ3v) is 5.02. The van der Waals surface area contributed by atoms with Crippen LogP contribution in [0.1, 0.15) is 41.8 Å². The van der Waals surface area contributed by atoms with E-state index in [4.69, 9.17) is 4.74 Å². The summed E-state index contributed by atoms with van der Waals surface area (Å²) in [5.74, 6) is 0.112. The average Bonchev–Trinajstić information content (AvgIpc) is 2.62. The molecule has 0 saturated carbocycles. The van der Waals surface area contributed by atoms with Gasteiger partial charge in [0.1, 0.15) is 28.9 Å². The summed E-state index contributed by atoms with van der Waals surface area (Å²) in [6, 6.07) is 9.99. The van der Waals surface area contributed by atoms with Crippen molar-refractivity contribution in [2.75, 3.05) is 0 Å². The summed E-state index contributed by atoms with van der Waals surface area (Å²) >= 11 is 0. The molecular formula is C22H24O4. The first-order chi connectivity index (χ1) is 12.4. The number of aromatic hydroxyl groups is 2. The maximum atomic E-state index is 13.0. The number of phenols is 2. The van der Waals surface area contributed by atoms with E-state index in [9.17, 15) is 15.0 Å². The van der Waals surface area contributed by atoms with Crippen molar-refractivity contribution in [2.45, 2.75) is 32.8 Å². The number of ketones is 1. The zero-order valence-corrected chi connectivity index (χ0v) is 15.1. The maximum absolute atomic E-state index is 13.0. The first-order valence-corrected chi connectivity index (χ1v) is 8.90. The molecule has 26 heavy (non-hydrogen) atoms. The van der Waals surface area contributed by atoms with Gasteiger partial charge in [0.25, 0.3) is 0 Å². The van der Waals surface area contributed by atoms with Gasteiger partial charge >= 0.3 is 0 Å². The highest BCUT2D eigenvalue weighted by molar-refractivity contribution is 6.13. The molecule has 1 heterocycles. The van der Waals surface area contributed by atoms with Crippen LogP contribution in [-0.2, 0) is 6.42 Å². The van der Waals surface area contributed by atoms with Crippen molar-refractivity contribution < 1.29 is 19.7 Å². The molecule has 136 valence electrons. The smallest absolute Gasteiger partial charge is 0.200 e. The molecule has 0 saturated heterocycles. The van der Waals surface area contributed by atoms with Gasteiger partial charge in [0.2, 0.25) is 5.78 Å². The topological polar surface area (TPSA) is 66.8 Å². The van der Waals surface area contributed by atoms with E-state index in [-0.39, 0.29) is 34.9 Å². The quantitative estimate of drug-likeness (QED) is 0.615. The Bertz CT molecular complexity index is 824. The summed E-state index contributed by atoms with van der Waals surface area (Å²) in [6.45, 7) is 8.10. The van der Waals surface area contributed by atoms with Gasteiger partial charge in [-0.3, -0.25) is 4.79 Å². The molecule has 0 aliphatic carbocycles. The van der Waals surface area contributed by atoms with Gasteiger partial charge in [-0.2, -0.15) is 0 Å². The summed E-state index contributed by atoms with van der Waals surface area (Å²) in [6.07, 6.45) is 3.03. The number of hydrogen-bond acceptors (Lipinski definition) is 4. The summed E-state index contributed by atoms with van der Waals surface area (Å²) in [5.41, 5.74) is 1.15. The Balaban J connectivity index is 2.08. The van der Waals surface area contributed by atoms with Crippen molar-refractivity contribution >= 4 is 5.78 Å². The van der Waals surface area contributed by atoms with E-state index in [1.807, 2.05) is 12.1 Å². The number of carbonyl (C=O) groups excluding carboxylic acids is 1. The number of ether oxygens (including phenoxy) is 1. The summed E-state index contributed by atoms with van der Waals surface area (Å²) < 4.78 is 6.17. The largest absolute Gasteiger partial charge is 0.507 e. The molecule has 2 unspecified atom stereocenters. The molecule has 1 aliphatic heterocycles. The SMILES string of the molecule is C=CC(C(C)C)C1CCc2c(O)cc(O)c(C(=O)c3ccccc3)c2O1. The van der Waals surface area contributed by atoms with Gasteiger partial charge in [-0.1, -0.05) is 50.3 Å². The Kier molecular flexibility index (Phi) is 5.03. The molecule has 4 heteroatoms. The van der Waals surface area contributed by atoms with Gasteiger partial charge in [0.15, 0.2) is 0 Å². The third kappa shape index (κ3) is 3.19. The lowest BCUT2D eigenvalue weighted by Crippen LogP contribution is -2.33. The van der Waals surface area contributed by atoms with E-state index in [2.05, 4.69) is 20.4 Å². The highest BCUT2D eigenvalue weighted by Gasteiger charge is 2.34. The lowest BCUT2D eigenvalue weighted by atomic mass is 9.84. The Hall–Kier alpha value is -2.75. The van der Waals surface area contributed by atoms with Gasteiger partial charge < -0.3 is 14.9 Å². The van der Waals surface area contributed by atoms with Crippen LogP contribution in [0.3, 0.4) is 0 Å². The fourth-order valence-electron chi connectivity index (χ4n) is 3.62. The minimum Gasteiger partial charge on any atom is -0.507 e. The fraction of sp³-hybridized carbons (Fsp3) is 0.318. The molecule has 0 fully saturated rings. The van der Waals surface area contributed by atoms with Gasteiger partial charge in [-0.05, 0) is 18.8 Å². The predicted molar refractivity (Wildman–Crippen MR) is 101 cm³/mol. The van der Waals surface area contributed by atoms with Crippen molar-refractivity contribution in [3.8, 4) is 17.2 Å². The van der Waals surface area contributed by atoms with Crippen LogP contribution < -0.4 is 4.74 Å². The van der Waals surface area contributed by atoms with Crippen LogP contribution >= 0.6 is 0 Å². The second-order valence-corrected chi connectivity index (χ2v) is 7.04. The predicted octanol–water partition coefficient (Wildman–Crippen LogP) is 4.48. The second-order valence-electron chi connectivity index (χ2n) is 7.04. The van der Waals surface area contributed by atoms with Crippen LogP contribution in [-0.4, -0.2) is 22.1 Å². The minimum absolute atomic E-state index is 0.0414. The van der Waals surface area contributed by atoms with Gasteiger partial charge in [-0.25, -0.2) is 0 Å². The Labute approximate surface area is 153 Å². The van der Waals surface area contributed by atoms with Crippen LogP contribution in [0.15, 0.2) is 49.1 Å². The molecule has 0 amide bonds. The molecule has 3 rings (SSSR count). The Morgan fingerprint density at radius 3 is 2.54 bits per heavy atom. The summed E-state index contributed by atoms with van der Waals surface area (Å²) in [7, 11) is 0. The highest BCUT2D eigenvalue weighted by Crippen LogP contribution is 2.44. The number of benzene rings is 2. The van der Waals surface area contributed by atoms with E-state index in [1.165, 1.54) is 6.07 Å². The van der Waals surface area contributed by atoms with E-state index in [0.717, 1.165) is 6.42 Å². The van der Waals surface area contributed by atoms with Crippen LogP contribution in [0, 0.1) is 11.8 Å². The molecular weight excluding hydrogens is 328 g/mol. The van der Waals surface area contributed by atoms with Crippen molar-refractivity contribution in [3.63, 3.8) is 0 Å². The van der Waals surface area contributed by atoms with Crippen LogP contribution in [0.4, 0.5) is 0 Å².